The molecule has 0 aliphatic heterocycles. The Kier molecular flexibility index (Phi) is 4.87. The van der Waals surface area contributed by atoms with Gasteiger partial charge in [-0.25, -0.2) is 0 Å². The van der Waals surface area contributed by atoms with Crippen LogP contribution in [-0.2, 0) is 5.75 Å². The summed E-state index contributed by atoms with van der Waals surface area (Å²) < 4.78 is 0.942. The molecule has 0 atom stereocenters. The van der Waals surface area contributed by atoms with Gasteiger partial charge in [0.1, 0.15) is 0 Å². The van der Waals surface area contributed by atoms with Gasteiger partial charge < -0.3 is 10.9 Å². The summed E-state index contributed by atoms with van der Waals surface area (Å²) in [5.74, 6) is 1.02. The van der Waals surface area contributed by atoms with Crippen molar-refractivity contribution in [2.75, 3.05) is 0 Å². The van der Waals surface area contributed by atoms with Crippen LogP contribution in [0.1, 0.15) is 11.1 Å². The number of nitrogens with two attached hydrogens (primary N) is 1. The third kappa shape index (κ3) is 3.75. The van der Waals surface area contributed by atoms with Gasteiger partial charge in [0.15, 0.2) is 5.84 Å². The second kappa shape index (κ2) is 6.63. The van der Waals surface area contributed by atoms with Crippen LogP contribution in [-0.4, -0.2) is 11.0 Å². The van der Waals surface area contributed by atoms with Crippen LogP contribution in [0.4, 0.5) is 0 Å². The second-order valence-electron chi connectivity index (χ2n) is 3.90. The quantitative estimate of drug-likeness (QED) is 0.293. The van der Waals surface area contributed by atoms with E-state index in [2.05, 4.69) is 33.2 Å². The van der Waals surface area contributed by atoms with Gasteiger partial charge in [0, 0.05) is 20.7 Å². The van der Waals surface area contributed by atoms with Crippen LogP contribution in [0.2, 0.25) is 0 Å². The van der Waals surface area contributed by atoms with Crippen LogP contribution < -0.4 is 5.73 Å². The molecule has 0 saturated carbocycles. The Morgan fingerprint density at radius 2 is 1.95 bits per heavy atom. The number of nitrogens with zero attached hydrogens (tertiary/aromatic N) is 1. The molecule has 0 fully saturated rings. The molecule has 0 radical (unpaired) electrons. The zero-order chi connectivity index (χ0) is 13.7. The average Bonchev–Trinajstić information content (AvgIpc) is 2.46. The van der Waals surface area contributed by atoms with Gasteiger partial charge in [0.2, 0.25) is 0 Å². The van der Waals surface area contributed by atoms with Crippen molar-refractivity contribution in [1.82, 2.24) is 0 Å². The Bertz CT molecular complexity index is 587. The molecule has 0 saturated heterocycles. The molecular formula is C14H13BrN2OS. The molecule has 0 spiro atoms. The Balaban J connectivity index is 2.10. The van der Waals surface area contributed by atoms with E-state index in [1.807, 2.05) is 36.4 Å². The predicted octanol–water partition coefficient (Wildman–Crippen LogP) is 3.84. The van der Waals surface area contributed by atoms with E-state index in [0.29, 0.717) is 5.56 Å². The van der Waals surface area contributed by atoms with E-state index in [4.69, 9.17) is 10.9 Å². The molecule has 19 heavy (non-hydrogen) atoms. The number of oxime groups is 1. The highest BCUT2D eigenvalue weighted by molar-refractivity contribution is 9.10. The third-order valence-electron chi connectivity index (χ3n) is 2.57. The van der Waals surface area contributed by atoms with Gasteiger partial charge in [-0.1, -0.05) is 35.5 Å². The summed E-state index contributed by atoms with van der Waals surface area (Å²) in [5, 5.41) is 11.6. The molecule has 2 aromatic carbocycles. The number of amidine groups is 1. The average molecular weight is 337 g/mol. The number of halogens is 1. The zero-order valence-electron chi connectivity index (χ0n) is 10.1. The normalized spacial score (nSPS) is 11.5. The summed E-state index contributed by atoms with van der Waals surface area (Å²) in [6, 6.07) is 15.9. The maximum atomic E-state index is 8.64. The van der Waals surface area contributed by atoms with E-state index in [-0.39, 0.29) is 5.84 Å². The molecule has 2 rings (SSSR count). The third-order valence-corrected chi connectivity index (χ3v) is 4.64. The second-order valence-corrected chi connectivity index (χ2v) is 5.78. The smallest absolute Gasteiger partial charge is 0.170 e. The fourth-order valence-corrected chi connectivity index (χ4v) is 3.17. The zero-order valence-corrected chi connectivity index (χ0v) is 12.5. The lowest BCUT2D eigenvalue weighted by Gasteiger charge is -2.06. The van der Waals surface area contributed by atoms with Gasteiger partial charge in [-0.05, 0) is 39.7 Å². The highest BCUT2D eigenvalue weighted by Crippen LogP contribution is 2.30. The van der Waals surface area contributed by atoms with Crippen LogP contribution in [0, 0.1) is 0 Å². The van der Waals surface area contributed by atoms with Crippen LogP contribution in [0.5, 0.6) is 0 Å². The molecule has 0 bridgehead atoms. The molecule has 3 nitrogen and oxygen atoms in total. The molecule has 3 N–H and O–H groups in total. The molecule has 0 aromatic heterocycles. The molecule has 2 aromatic rings. The van der Waals surface area contributed by atoms with E-state index in [1.165, 1.54) is 5.56 Å². The molecule has 0 amide bonds. The fourth-order valence-electron chi connectivity index (χ4n) is 1.57. The number of benzene rings is 2. The van der Waals surface area contributed by atoms with Gasteiger partial charge in [-0.2, -0.15) is 0 Å². The molecule has 0 unspecified atom stereocenters. The molecule has 0 heterocycles. The van der Waals surface area contributed by atoms with Crippen molar-refractivity contribution in [2.24, 2.45) is 10.9 Å². The first-order chi connectivity index (χ1) is 9.20. The van der Waals surface area contributed by atoms with Crippen LogP contribution in [0.3, 0.4) is 0 Å². The van der Waals surface area contributed by atoms with Gasteiger partial charge in [0.05, 0.1) is 0 Å². The van der Waals surface area contributed by atoms with Crippen molar-refractivity contribution in [1.29, 1.82) is 0 Å². The van der Waals surface area contributed by atoms with E-state index >= 15 is 0 Å². The minimum absolute atomic E-state index is 0.111. The lowest BCUT2D eigenvalue weighted by atomic mass is 10.2. The number of hydrogen-bond acceptors (Lipinski definition) is 3. The Morgan fingerprint density at radius 1 is 1.21 bits per heavy atom. The number of hydrogen-bond donors (Lipinski definition) is 2. The number of thioether (sulfide) groups is 1. The lowest BCUT2D eigenvalue weighted by molar-refractivity contribution is 0.318. The number of rotatable bonds is 4. The van der Waals surface area contributed by atoms with Crippen LogP contribution in [0.25, 0.3) is 0 Å². The summed E-state index contributed by atoms with van der Waals surface area (Å²) in [6.07, 6.45) is 0. The largest absolute Gasteiger partial charge is 0.409 e. The van der Waals surface area contributed by atoms with Gasteiger partial charge >= 0.3 is 0 Å². The van der Waals surface area contributed by atoms with Crippen molar-refractivity contribution >= 4 is 33.5 Å². The summed E-state index contributed by atoms with van der Waals surface area (Å²) in [5.41, 5.74) is 7.52. The van der Waals surface area contributed by atoms with Gasteiger partial charge in [-0.3, -0.25) is 0 Å². The maximum absolute atomic E-state index is 8.64. The summed E-state index contributed by atoms with van der Waals surface area (Å²) in [6.45, 7) is 0. The Morgan fingerprint density at radius 3 is 2.58 bits per heavy atom. The van der Waals surface area contributed by atoms with E-state index in [1.54, 1.807) is 11.8 Å². The molecule has 0 aliphatic carbocycles. The molecular weight excluding hydrogens is 324 g/mol. The van der Waals surface area contributed by atoms with Crippen molar-refractivity contribution in [3.05, 3.63) is 64.1 Å². The SMILES string of the molecule is N/C(=N/O)c1ccc(SCc2ccccc2)c(Br)c1. The highest BCUT2D eigenvalue weighted by Gasteiger charge is 2.05. The van der Waals surface area contributed by atoms with Crippen LogP contribution >= 0.6 is 27.7 Å². The topological polar surface area (TPSA) is 58.6 Å². The van der Waals surface area contributed by atoms with Crippen molar-refractivity contribution in [3.63, 3.8) is 0 Å². The van der Waals surface area contributed by atoms with E-state index in [9.17, 15) is 0 Å². The van der Waals surface area contributed by atoms with E-state index in [0.717, 1.165) is 15.1 Å². The van der Waals surface area contributed by atoms with Crippen LogP contribution in [0.15, 0.2) is 63.1 Å². The van der Waals surface area contributed by atoms with Crippen molar-refractivity contribution in [2.45, 2.75) is 10.6 Å². The first kappa shape index (κ1) is 14.0. The fraction of sp³-hybridized carbons (Fsp3) is 0.0714. The van der Waals surface area contributed by atoms with E-state index < -0.39 is 0 Å². The lowest BCUT2D eigenvalue weighted by Crippen LogP contribution is -2.12. The minimum Gasteiger partial charge on any atom is -0.409 e. The molecule has 5 heteroatoms. The van der Waals surface area contributed by atoms with Gasteiger partial charge in [0.25, 0.3) is 0 Å². The molecule has 98 valence electrons. The van der Waals surface area contributed by atoms with Crippen molar-refractivity contribution in [3.8, 4) is 0 Å². The predicted molar refractivity (Wildman–Crippen MR) is 82.7 cm³/mol. The maximum Gasteiger partial charge on any atom is 0.170 e. The Labute approximate surface area is 124 Å². The van der Waals surface area contributed by atoms with Gasteiger partial charge in [-0.15, -0.1) is 11.8 Å². The first-order valence-corrected chi connectivity index (χ1v) is 7.42. The minimum atomic E-state index is 0.111. The highest BCUT2D eigenvalue weighted by atomic mass is 79.9. The van der Waals surface area contributed by atoms with Crippen molar-refractivity contribution < 1.29 is 5.21 Å². The first-order valence-electron chi connectivity index (χ1n) is 5.65. The monoisotopic (exact) mass is 336 g/mol. The Hall–Kier alpha value is -1.46. The summed E-state index contributed by atoms with van der Waals surface area (Å²) >= 11 is 5.24. The standard InChI is InChI=1S/C14H13BrN2OS/c15-12-8-11(14(16)17-18)6-7-13(12)19-9-10-4-2-1-3-5-10/h1-8,18H,9H2,(H2,16,17). The molecule has 0 aliphatic rings. The summed E-state index contributed by atoms with van der Waals surface area (Å²) in [7, 11) is 0. The summed E-state index contributed by atoms with van der Waals surface area (Å²) in [4.78, 5) is 1.12.